The van der Waals surface area contributed by atoms with Crippen molar-refractivity contribution in [3.05, 3.63) is 42.5 Å². The van der Waals surface area contributed by atoms with Crippen LogP contribution < -0.4 is 0 Å². The number of hydrogen-bond donors (Lipinski definition) is 1. The number of nitrogens with zero attached hydrogens (tertiary/aromatic N) is 1. The van der Waals surface area contributed by atoms with Gasteiger partial charge in [0.05, 0.1) is 6.42 Å². The third kappa shape index (κ3) is 4.31. The van der Waals surface area contributed by atoms with Gasteiger partial charge in [0, 0.05) is 13.1 Å². The molecule has 3 heteroatoms. The molecular formula is C14H19NO2. The quantitative estimate of drug-likeness (QED) is 0.766. The minimum Gasteiger partial charge on any atom is -0.508 e. The molecule has 0 aliphatic heterocycles. The van der Waals surface area contributed by atoms with Gasteiger partial charge in [0.25, 0.3) is 0 Å². The summed E-state index contributed by atoms with van der Waals surface area (Å²) in [4.78, 5) is 13.8. The van der Waals surface area contributed by atoms with Crippen LogP contribution in [-0.4, -0.2) is 29.0 Å². The average Bonchev–Trinajstić information content (AvgIpc) is 2.28. The molecule has 1 aromatic carbocycles. The van der Waals surface area contributed by atoms with Gasteiger partial charge in [-0.05, 0) is 24.1 Å². The topological polar surface area (TPSA) is 40.5 Å². The lowest BCUT2D eigenvalue weighted by Crippen LogP contribution is -2.33. The molecule has 92 valence electrons. The summed E-state index contributed by atoms with van der Waals surface area (Å²) in [5.41, 5.74) is 0.833. The standard InChI is InChI=1S/C14H19NO2/c1-3-8-15(9-4-2)14(17)11-12-6-5-7-13(16)10-12/h3,5-7,10,16H,1,4,8-9,11H2,2H3. The number of phenols is 1. The van der Waals surface area contributed by atoms with Crippen LogP contribution in [0.15, 0.2) is 36.9 Å². The Kier molecular flexibility index (Phi) is 5.27. The number of amides is 1. The summed E-state index contributed by atoms with van der Waals surface area (Å²) in [7, 11) is 0. The van der Waals surface area contributed by atoms with Crippen molar-refractivity contribution in [2.75, 3.05) is 13.1 Å². The Bertz CT molecular complexity index is 388. The Labute approximate surface area is 102 Å². The molecule has 0 atom stereocenters. The Morgan fingerprint density at radius 2 is 2.29 bits per heavy atom. The first kappa shape index (κ1) is 13.3. The van der Waals surface area contributed by atoms with Crippen LogP contribution in [0.25, 0.3) is 0 Å². The first-order valence-electron chi connectivity index (χ1n) is 5.84. The van der Waals surface area contributed by atoms with Gasteiger partial charge in [0.15, 0.2) is 0 Å². The Morgan fingerprint density at radius 3 is 2.88 bits per heavy atom. The summed E-state index contributed by atoms with van der Waals surface area (Å²) >= 11 is 0. The molecule has 0 heterocycles. The molecule has 1 aromatic rings. The van der Waals surface area contributed by atoms with Gasteiger partial charge in [0.2, 0.25) is 5.91 Å². The minimum atomic E-state index is 0.0670. The van der Waals surface area contributed by atoms with E-state index in [4.69, 9.17) is 0 Å². The molecule has 3 nitrogen and oxygen atoms in total. The Morgan fingerprint density at radius 1 is 1.53 bits per heavy atom. The van der Waals surface area contributed by atoms with Gasteiger partial charge in [-0.15, -0.1) is 6.58 Å². The summed E-state index contributed by atoms with van der Waals surface area (Å²) in [5.74, 6) is 0.262. The molecule has 1 amide bonds. The summed E-state index contributed by atoms with van der Waals surface area (Å²) in [6, 6.07) is 6.81. The molecule has 0 aliphatic rings. The Balaban J connectivity index is 2.65. The molecule has 0 spiro atoms. The smallest absolute Gasteiger partial charge is 0.227 e. The first-order valence-corrected chi connectivity index (χ1v) is 5.84. The number of hydrogen-bond acceptors (Lipinski definition) is 2. The van der Waals surface area contributed by atoms with Gasteiger partial charge in [-0.2, -0.15) is 0 Å². The van der Waals surface area contributed by atoms with Gasteiger partial charge in [-0.3, -0.25) is 4.79 Å². The highest BCUT2D eigenvalue weighted by Crippen LogP contribution is 2.12. The number of carbonyl (C=O) groups excluding carboxylic acids is 1. The molecule has 1 N–H and O–H groups in total. The van der Waals surface area contributed by atoms with E-state index in [1.165, 1.54) is 0 Å². The lowest BCUT2D eigenvalue weighted by Gasteiger charge is -2.20. The van der Waals surface area contributed by atoms with Crippen LogP contribution in [0.2, 0.25) is 0 Å². The molecule has 0 bridgehead atoms. The maximum absolute atomic E-state index is 12.0. The number of phenolic OH excluding ortho intramolecular Hbond substituents is 1. The third-order valence-electron chi connectivity index (χ3n) is 2.46. The first-order chi connectivity index (χ1) is 8.17. The third-order valence-corrected chi connectivity index (χ3v) is 2.46. The molecule has 17 heavy (non-hydrogen) atoms. The van der Waals surface area contributed by atoms with Crippen LogP contribution in [-0.2, 0) is 11.2 Å². The molecule has 0 saturated heterocycles. The zero-order valence-electron chi connectivity index (χ0n) is 10.2. The van der Waals surface area contributed by atoms with E-state index in [2.05, 4.69) is 6.58 Å². The van der Waals surface area contributed by atoms with Crippen LogP contribution in [0.1, 0.15) is 18.9 Å². The molecule has 0 fully saturated rings. The SMILES string of the molecule is C=CCN(CCC)C(=O)Cc1cccc(O)c1. The van der Waals surface area contributed by atoms with Gasteiger partial charge in [-0.25, -0.2) is 0 Å². The number of aromatic hydroxyl groups is 1. The van der Waals surface area contributed by atoms with Crippen molar-refractivity contribution in [2.45, 2.75) is 19.8 Å². The van der Waals surface area contributed by atoms with Crippen molar-refractivity contribution in [1.29, 1.82) is 0 Å². The van der Waals surface area contributed by atoms with Gasteiger partial charge < -0.3 is 10.0 Å². The fraction of sp³-hybridized carbons (Fsp3) is 0.357. The fourth-order valence-electron chi connectivity index (χ4n) is 1.70. The lowest BCUT2D eigenvalue weighted by atomic mass is 10.1. The van der Waals surface area contributed by atoms with Crippen LogP contribution in [0.4, 0.5) is 0 Å². The minimum absolute atomic E-state index is 0.0670. The highest BCUT2D eigenvalue weighted by molar-refractivity contribution is 5.79. The number of rotatable bonds is 6. The summed E-state index contributed by atoms with van der Waals surface area (Å²) < 4.78 is 0. The van der Waals surface area contributed by atoms with Crippen LogP contribution in [0.3, 0.4) is 0 Å². The van der Waals surface area contributed by atoms with Crippen molar-refractivity contribution in [2.24, 2.45) is 0 Å². The fourth-order valence-corrected chi connectivity index (χ4v) is 1.70. The maximum Gasteiger partial charge on any atom is 0.227 e. The highest BCUT2D eigenvalue weighted by Gasteiger charge is 2.11. The van der Waals surface area contributed by atoms with E-state index in [-0.39, 0.29) is 11.7 Å². The van der Waals surface area contributed by atoms with E-state index in [0.29, 0.717) is 13.0 Å². The summed E-state index contributed by atoms with van der Waals surface area (Å²) in [6.07, 6.45) is 2.98. The predicted molar refractivity (Wildman–Crippen MR) is 68.9 cm³/mol. The molecular weight excluding hydrogens is 214 g/mol. The molecule has 0 saturated carbocycles. The van der Waals surface area contributed by atoms with Crippen LogP contribution in [0, 0.1) is 0 Å². The summed E-state index contributed by atoms with van der Waals surface area (Å²) in [5, 5.41) is 9.33. The molecule has 1 rings (SSSR count). The van der Waals surface area contributed by atoms with Crippen molar-refractivity contribution < 1.29 is 9.90 Å². The van der Waals surface area contributed by atoms with E-state index >= 15 is 0 Å². The van der Waals surface area contributed by atoms with Crippen molar-refractivity contribution in [3.63, 3.8) is 0 Å². The molecule has 0 aliphatic carbocycles. The monoisotopic (exact) mass is 233 g/mol. The van der Waals surface area contributed by atoms with E-state index < -0.39 is 0 Å². The van der Waals surface area contributed by atoms with Crippen LogP contribution in [0.5, 0.6) is 5.75 Å². The summed E-state index contributed by atoms with van der Waals surface area (Å²) in [6.45, 7) is 7.01. The lowest BCUT2D eigenvalue weighted by molar-refractivity contribution is -0.130. The van der Waals surface area contributed by atoms with E-state index in [1.807, 2.05) is 13.0 Å². The van der Waals surface area contributed by atoms with E-state index in [9.17, 15) is 9.90 Å². The molecule has 0 aromatic heterocycles. The number of carbonyl (C=O) groups is 1. The van der Waals surface area contributed by atoms with Gasteiger partial charge >= 0.3 is 0 Å². The van der Waals surface area contributed by atoms with Crippen molar-refractivity contribution in [3.8, 4) is 5.75 Å². The predicted octanol–water partition coefficient (Wildman–Crippen LogP) is 2.36. The largest absolute Gasteiger partial charge is 0.508 e. The second-order valence-electron chi connectivity index (χ2n) is 3.98. The van der Waals surface area contributed by atoms with E-state index in [0.717, 1.165) is 18.5 Å². The normalized spacial score (nSPS) is 9.94. The maximum atomic E-state index is 12.0. The van der Waals surface area contributed by atoms with Gasteiger partial charge in [-0.1, -0.05) is 25.1 Å². The Hall–Kier alpha value is -1.77. The second kappa shape index (κ2) is 6.74. The van der Waals surface area contributed by atoms with Crippen molar-refractivity contribution in [1.82, 2.24) is 4.90 Å². The van der Waals surface area contributed by atoms with Gasteiger partial charge in [0.1, 0.15) is 5.75 Å². The zero-order chi connectivity index (χ0) is 12.7. The highest BCUT2D eigenvalue weighted by atomic mass is 16.3. The molecule has 0 radical (unpaired) electrons. The average molecular weight is 233 g/mol. The number of benzene rings is 1. The zero-order valence-corrected chi connectivity index (χ0v) is 10.2. The molecule has 0 unspecified atom stereocenters. The van der Waals surface area contributed by atoms with Crippen LogP contribution >= 0.6 is 0 Å². The van der Waals surface area contributed by atoms with E-state index in [1.54, 1.807) is 29.2 Å². The second-order valence-corrected chi connectivity index (χ2v) is 3.98. The van der Waals surface area contributed by atoms with Crippen molar-refractivity contribution >= 4 is 5.91 Å².